The molecule has 19 heavy (non-hydrogen) atoms. The second kappa shape index (κ2) is 5.86. The maximum atomic E-state index is 11.0. The van der Waals surface area contributed by atoms with Crippen LogP contribution in [0, 0.1) is 10.1 Å². The Morgan fingerprint density at radius 3 is 2.95 bits per heavy atom. The van der Waals surface area contributed by atoms with Gasteiger partial charge in [0.05, 0.1) is 4.92 Å². The highest BCUT2D eigenvalue weighted by Gasteiger charge is 2.24. The van der Waals surface area contributed by atoms with Gasteiger partial charge in [0.15, 0.2) is 9.37 Å². The zero-order chi connectivity index (χ0) is 13.8. The Bertz CT molecular complexity index is 603. The van der Waals surface area contributed by atoms with Crippen molar-refractivity contribution >= 4 is 34.8 Å². The van der Waals surface area contributed by atoms with Crippen LogP contribution >= 0.6 is 23.3 Å². The van der Waals surface area contributed by atoms with Crippen LogP contribution in [-0.2, 0) is 6.42 Å². The minimum absolute atomic E-state index is 0.0391. The number of nitro groups is 1. The molecule has 0 aromatic carbocycles. The van der Waals surface area contributed by atoms with Crippen LogP contribution in [0.1, 0.15) is 12.7 Å². The summed E-state index contributed by atoms with van der Waals surface area (Å²) in [6.45, 7) is 1.93. The highest BCUT2D eigenvalue weighted by atomic mass is 32.2. The van der Waals surface area contributed by atoms with Gasteiger partial charge in [0.25, 0.3) is 0 Å². The van der Waals surface area contributed by atoms with E-state index in [9.17, 15) is 10.1 Å². The first kappa shape index (κ1) is 13.6. The molecule has 2 aromatic rings. The van der Waals surface area contributed by atoms with Gasteiger partial charge in [-0.05, 0) is 23.3 Å². The molecule has 0 amide bonds. The second-order valence-electron chi connectivity index (χ2n) is 3.21. The summed E-state index contributed by atoms with van der Waals surface area (Å²) in [5, 5.41) is 11.2. The Hall–Kier alpha value is -1.85. The predicted molar refractivity (Wildman–Crippen MR) is 69.9 cm³/mol. The molecule has 11 heteroatoms. The van der Waals surface area contributed by atoms with E-state index in [0.29, 0.717) is 16.6 Å². The zero-order valence-electron chi connectivity index (χ0n) is 9.73. The monoisotopic (exact) mass is 299 g/mol. The van der Waals surface area contributed by atoms with Crippen molar-refractivity contribution in [3.8, 4) is 0 Å². The number of hydrazine groups is 1. The molecule has 0 aliphatic carbocycles. The third kappa shape index (κ3) is 2.94. The van der Waals surface area contributed by atoms with Crippen LogP contribution < -0.4 is 11.3 Å². The topological polar surface area (TPSA) is 133 Å². The average molecular weight is 299 g/mol. The lowest BCUT2D eigenvalue weighted by atomic mass is 10.5. The zero-order valence-corrected chi connectivity index (χ0v) is 11.4. The molecule has 0 radical (unpaired) electrons. The number of hydrogen-bond acceptors (Lipinski definition) is 10. The summed E-state index contributed by atoms with van der Waals surface area (Å²) in [5.74, 6) is 5.85. The number of aryl methyl sites for hydroxylation is 1. The first-order valence-electron chi connectivity index (χ1n) is 5.12. The van der Waals surface area contributed by atoms with Gasteiger partial charge in [-0.15, -0.1) is 0 Å². The third-order valence-electron chi connectivity index (χ3n) is 2.06. The molecule has 100 valence electrons. The lowest BCUT2D eigenvalue weighted by Gasteiger charge is -2.03. The number of nitrogens with zero attached hydrogens (tertiary/aromatic N) is 5. The van der Waals surface area contributed by atoms with Gasteiger partial charge >= 0.3 is 5.69 Å². The average Bonchev–Trinajstić information content (AvgIpc) is 2.85. The van der Waals surface area contributed by atoms with E-state index in [1.165, 1.54) is 17.9 Å². The number of nitrogens with two attached hydrogens (primary N) is 1. The van der Waals surface area contributed by atoms with Crippen molar-refractivity contribution in [1.82, 2.24) is 19.3 Å². The van der Waals surface area contributed by atoms with Crippen molar-refractivity contribution in [1.29, 1.82) is 0 Å². The maximum absolute atomic E-state index is 11.0. The van der Waals surface area contributed by atoms with Crippen molar-refractivity contribution in [3.05, 3.63) is 22.3 Å². The molecule has 9 nitrogen and oxygen atoms in total. The Morgan fingerprint density at radius 2 is 2.37 bits per heavy atom. The Labute approximate surface area is 116 Å². The van der Waals surface area contributed by atoms with Crippen LogP contribution in [-0.4, -0.2) is 24.2 Å². The van der Waals surface area contributed by atoms with Crippen LogP contribution in [0.4, 0.5) is 11.5 Å². The van der Waals surface area contributed by atoms with Crippen molar-refractivity contribution in [2.45, 2.75) is 22.7 Å². The Balaban J connectivity index is 2.36. The van der Waals surface area contributed by atoms with E-state index in [0.717, 1.165) is 11.8 Å². The van der Waals surface area contributed by atoms with E-state index in [4.69, 9.17) is 5.84 Å². The smallest absolute Gasteiger partial charge is 0.303 e. The third-order valence-corrected chi connectivity index (χ3v) is 3.84. The summed E-state index contributed by atoms with van der Waals surface area (Å²) in [4.78, 5) is 22.3. The van der Waals surface area contributed by atoms with Gasteiger partial charge in [0.2, 0.25) is 5.82 Å². The van der Waals surface area contributed by atoms with E-state index in [-0.39, 0.29) is 16.5 Å². The summed E-state index contributed by atoms with van der Waals surface area (Å²) in [6.07, 6.45) is 1.91. The number of nitrogen functional groups attached to an aromatic ring is 1. The normalized spacial score (nSPS) is 10.4. The van der Waals surface area contributed by atoms with E-state index < -0.39 is 4.92 Å². The van der Waals surface area contributed by atoms with Crippen molar-refractivity contribution in [2.24, 2.45) is 5.84 Å². The molecule has 0 aliphatic rings. The number of rotatable bonds is 5. The van der Waals surface area contributed by atoms with Gasteiger partial charge in [-0.1, -0.05) is 6.92 Å². The van der Waals surface area contributed by atoms with Gasteiger partial charge in [-0.25, -0.2) is 20.8 Å². The minimum Gasteiger partial charge on any atom is -0.303 e. The molecule has 0 aliphatic heterocycles. The summed E-state index contributed by atoms with van der Waals surface area (Å²) in [6, 6.07) is 0. The SMILES string of the molecule is CCc1nsc(Sc2ncnc(NN)c2[N+](=O)[O-])n1. The summed E-state index contributed by atoms with van der Waals surface area (Å²) in [5.41, 5.74) is 1.91. The first-order valence-corrected chi connectivity index (χ1v) is 6.71. The molecule has 0 bridgehead atoms. The molecule has 0 fully saturated rings. The van der Waals surface area contributed by atoms with E-state index in [1.54, 1.807) is 0 Å². The number of nitrogens with one attached hydrogen (secondary N) is 1. The summed E-state index contributed by atoms with van der Waals surface area (Å²) in [7, 11) is 0. The maximum Gasteiger partial charge on any atom is 0.345 e. The Morgan fingerprint density at radius 1 is 1.58 bits per heavy atom. The molecule has 2 rings (SSSR count). The standard InChI is InChI=1S/C8H9N7O2S2/c1-2-4-12-8(19-14-4)18-7-5(15(16)17)6(13-9)10-3-11-7/h3H,2,9H2,1H3,(H,10,11,13). The second-order valence-corrected chi connectivity index (χ2v) is 5.20. The van der Waals surface area contributed by atoms with Gasteiger partial charge in [-0.2, -0.15) is 4.37 Å². The fourth-order valence-electron chi connectivity index (χ4n) is 1.21. The minimum atomic E-state index is -0.584. The van der Waals surface area contributed by atoms with Crippen molar-refractivity contribution in [3.63, 3.8) is 0 Å². The summed E-state index contributed by atoms with van der Waals surface area (Å²) >= 11 is 2.23. The predicted octanol–water partition coefficient (Wildman–Crippen LogP) is 1.24. The van der Waals surface area contributed by atoms with E-state index in [1.807, 2.05) is 6.92 Å². The van der Waals surface area contributed by atoms with Gasteiger partial charge in [0, 0.05) is 6.42 Å². The number of aromatic nitrogens is 4. The molecule has 0 saturated carbocycles. The van der Waals surface area contributed by atoms with Crippen LogP contribution in [0.15, 0.2) is 15.7 Å². The molecule has 0 atom stereocenters. The van der Waals surface area contributed by atoms with Gasteiger partial charge in [0.1, 0.15) is 12.2 Å². The molecule has 0 unspecified atom stereocenters. The van der Waals surface area contributed by atoms with E-state index >= 15 is 0 Å². The molecular weight excluding hydrogens is 290 g/mol. The fourth-order valence-corrected chi connectivity index (χ4v) is 2.89. The van der Waals surface area contributed by atoms with Crippen LogP contribution in [0.25, 0.3) is 0 Å². The molecular formula is C8H9N7O2S2. The molecule has 2 heterocycles. The fraction of sp³-hybridized carbons (Fsp3) is 0.250. The largest absolute Gasteiger partial charge is 0.345 e. The lowest BCUT2D eigenvalue weighted by molar-refractivity contribution is -0.387. The summed E-state index contributed by atoms with van der Waals surface area (Å²) < 4.78 is 4.69. The highest BCUT2D eigenvalue weighted by Crippen LogP contribution is 2.36. The number of hydrogen-bond donors (Lipinski definition) is 2. The molecule has 0 saturated heterocycles. The van der Waals surface area contributed by atoms with Crippen LogP contribution in [0.3, 0.4) is 0 Å². The highest BCUT2D eigenvalue weighted by molar-refractivity contribution is 8.01. The number of anilines is 1. The Kier molecular flexibility index (Phi) is 4.19. The van der Waals surface area contributed by atoms with Crippen LogP contribution in [0.2, 0.25) is 0 Å². The van der Waals surface area contributed by atoms with Crippen molar-refractivity contribution < 1.29 is 4.92 Å². The van der Waals surface area contributed by atoms with Crippen LogP contribution in [0.5, 0.6) is 0 Å². The lowest BCUT2D eigenvalue weighted by Crippen LogP contribution is -2.11. The van der Waals surface area contributed by atoms with Crippen molar-refractivity contribution in [2.75, 3.05) is 5.43 Å². The molecule has 2 aromatic heterocycles. The van der Waals surface area contributed by atoms with E-state index in [2.05, 4.69) is 24.8 Å². The first-order chi connectivity index (χ1) is 9.15. The molecule has 3 N–H and O–H groups in total. The molecule has 0 spiro atoms. The quantitative estimate of drug-likeness (QED) is 0.362. The van der Waals surface area contributed by atoms with Gasteiger partial charge < -0.3 is 5.43 Å². The van der Waals surface area contributed by atoms with Gasteiger partial charge in [-0.3, -0.25) is 10.1 Å².